The van der Waals surface area contributed by atoms with Crippen molar-refractivity contribution in [3.63, 3.8) is 0 Å². The normalized spacial score (nSPS) is 13.9. The Morgan fingerprint density at radius 1 is 0.469 bits per heavy atom. The van der Waals surface area contributed by atoms with Crippen molar-refractivity contribution < 1.29 is 80.6 Å². The minimum Gasteiger partial charge on any atom is -0.495 e. The van der Waals surface area contributed by atoms with Gasteiger partial charge in [0.2, 0.25) is 17.7 Å². The van der Waals surface area contributed by atoms with Crippen molar-refractivity contribution in [2.45, 2.75) is 58.4 Å². The molecule has 9 amide bonds. The molecule has 42 heteroatoms. The summed E-state index contributed by atoms with van der Waals surface area (Å²) in [6.07, 6.45) is 16.3. The standard InChI is InChI=1S/C36H43Cl2N7O5.C33H37Cl2N7O5.C32H34Cl2N6O6.3H2/c1-7-26(46)18-25-11-8-10-23(2)34(25)41-29-20-30(40-22-39-29)45(21-24-13-16-44(17-14-24)31(47)12-9-15-43(3)4)36(48)42-35-32(37)27(49-5)19-28(50-6)33(35)38;1-6-23(43)17-22-10-8-9-21(3)31(22)38-26-19-27(37-20-36-26)42(16-13-40-11-14-41(15-12-40)28(44)7-2)33(45)39-32-29(34)24(46-4)18-25(47-5)30(32)35;1-5-22(41)13-20-16-46-17-23(20)38-26-15-27(36-18-35-26)40(12-11-19-7-9-21(10-8-19)37-28(42)6-2)32(43)39-31-29(33)24(44-3)14-25(45-4)30(31)34;;;/h7-12,19-20,22,24H,1,13-18,21H2,2-6H3,(H,42,48)(H,39,40,41);6-10,18-20H,1-2,11-17H2,3-5H3,(H,39,45)(H,36,37,38);5-10,14-15,18,20,23H,1-2,11-13,16-17H2,3-4H3,(H,37,42)(H,39,43)(H,35,36,38);3*1H/b12-9+;;;;;. The van der Waals surface area contributed by atoms with Gasteiger partial charge in [0.05, 0.1) is 79.0 Å². The third kappa shape index (κ3) is 30.6. The highest BCUT2D eigenvalue weighted by atomic mass is 35.5. The molecule has 9 aromatic rings. The Bertz CT molecular complexity index is 6100. The summed E-state index contributed by atoms with van der Waals surface area (Å²) in [7, 11) is 12.5. The number of amides is 9. The number of halogens is 6. The van der Waals surface area contributed by atoms with Gasteiger partial charge < -0.3 is 85.1 Å². The molecule has 3 aliphatic rings. The Kier molecular flexibility index (Phi) is 42.2. The summed E-state index contributed by atoms with van der Waals surface area (Å²) in [5, 5.41) is 21.7. The lowest BCUT2D eigenvalue weighted by molar-refractivity contribution is -0.128. The molecule has 36 nitrogen and oxygen atoms in total. The van der Waals surface area contributed by atoms with E-state index in [-0.39, 0.29) is 184 Å². The second-order valence-electron chi connectivity index (χ2n) is 32.9. The topological polar surface area (TPSA) is 402 Å². The maximum Gasteiger partial charge on any atom is 0.327 e. The molecule has 6 aromatic carbocycles. The number of ether oxygens (including phenoxy) is 7. The highest BCUT2D eigenvalue weighted by Crippen LogP contribution is 2.48. The van der Waals surface area contributed by atoms with Gasteiger partial charge in [-0.25, -0.2) is 44.3 Å². The van der Waals surface area contributed by atoms with E-state index in [1.165, 1.54) is 125 Å². The maximum absolute atomic E-state index is 14.2. The number of benzene rings is 6. The molecular formula is C101H120Cl6N20O16. The number of ketones is 3. The molecular weight excluding hydrogens is 1960 g/mol. The number of hydrogen-bond donors (Lipinski definition) is 7. The van der Waals surface area contributed by atoms with E-state index in [1.54, 1.807) is 41.3 Å². The fourth-order valence-electron chi connectivity index (χ4n) is 15.3. The first-order chi connectivity index (χ1) is 68.7. The number of anilines is 12. The van der Waals surface area contributed by atoms with Crippen LogP contribution in [-0.4, -0.2) is 251 Å². The number of urea groups is 3. The van der Waals surface area contributed by atoms with Gasteiger partial charge in [0.1, 0.15) is 119 Å². The lowest BCUT2D eigenvalue weighted by Crippen LogP contribution is -2.50. The summed E-state index contributed by atoms with van der Waals surface area (Å²) >= 11 is 39.4. The first kappa shape index (κ1) is 111. The molecule has 143 heavy (non-hydrogen) atoms. The first-order valence-electron chi connectivity index (χ1n) is 45.0. The Labute approximate surface area is 864 Å². The average Bonchev–Trinajstić information content (AvgIpc) is 1.04. The predicted octanol–water partition coefficient (Wildman–Crippen LogP) is 18.6. The lowest BCUT2D eigenvalue weighted by Gasteiger charge is -2.35. The van der Waals surface area contributed by atoms with E-state index in [0.717, 1.165) is 39.2 Å². The fraction of sp³-hybridized carbons (Fsp3) is 0.317. The minimum atomic E-state index is -0.586. The molecule has 2 unspecified atom stereocenters. The van der Waals surface area contributed by atoms with E-state index in [9.17, 15) is 43.2 Å². The molecule has 3 aromatic heterocycles. The molecule has 0 saturated carbocycles. The molecule has 7 N–H and O–H groups in total. The van der Waals surface area contributed by atoms with Crippen molar-refractivity contribution in [1.82, 2.24) is 49.5 Å². The van der Waals surface area contributed by atoms with E-state index in [4.69, 9.17) is 103 Å². The number of rotatable bonds is 41. The quantitative estimate of drug-likeness (QED) is 0.0175. The Morgan fingerprint density at radius 3 is 1.31 bits per heavy atom. The molecule has 3 saturated heterocycles. The van der Waals surface area contributed by atoms with E-state index < -0.39 is 18.1 Å². The second-order valence-corrected chi connectivity index (χ2v) is 35.1. The number of piperidine rings is 1. The van der Waals surface area contributed by atoms with Gasteiger partial charge in [-0.2, -0.15) is 0 Å². The monoisotopic (exact) mass is 2080 g/mol. The summed E-state index contributed by atoms with van der Waals surface area (Å²) in [4.78, 5) is 153. The third-order valence-corrected chi connectivity index (χ3v) is 25.5. The summed E-state index contributed by atoms with van der Waals surface area (Å²) in [5.74, 6) is 2.91. The van der Waals surface area contributed by atoms with Crippen LogP contribution in [0.3, 0.4) is 0 Å². The van der Waals surface area contributed by atoms with Gasteiger partial charge in [-0.1, -0.05) is 157 Å². The number of likely N-dealkylation sites (tertiary alicyclic amines) is 1. The van der Waals surface area contributed by atoms with Crippen LogP contribution in [0, 0.1) is 25.7 Å². The number of nitrogens with zero attached hydrogens (tertiary/aromatic N) is 13. The van der Waals surface area contributed by atoms with E-state index >= 15 is 0 Å². The Balaban J connectivity index is 0.000000294. The molecule has 0 aliphatic carbocycles. The number of carbonyl (C=O) groups is 9. The number of para-hydroxylation sites is 2. The van der Waals surface area contributed by atoms with E-state index in [0.29, 0.717) is 120 Å². The van der Waals surface area contributed by atoms with Gasteiger partial charge in [0, 0.05) is 161 Å². The van der Waals surface area contributed by atoms with Crippen molar-refractivity contribution >= 4 is 192 Å². The zero-order valence-electron chi connectivity index (χ0n) is 80.8. The number of aryl methyl sites for hydroxylation is 2. The number of hydrogen-bond acceptors (Lipinski definition) is 27. The van der Waals surface area contributed by atoms with Crippen LogP contribution in [-0.2, 0) is 52.8 Å². The van der Waals surface area contributed by atoms with Crippen molar-refractivity contribution in [3.8, 4) is 34.5 Å². The van der Waals surface area contributed by atoms with Gasteiger partial charge in [-0.3, -0.25) is 48.4 Å². The highest BCUT2D eigenvalue weighted by molar-refractivity contribution is 6.43. The zero-order chi connectivity index (χ0) is 104. The lowest BCUT2D eigenvalue weighted by atomic mass is 9.96. The van der Waals surface area contributed by atoms with Crippen LogP contribution in [0.2, 0.25) is 30.1 Å². The van der Waals surface area contributed by atoms with Gasteiger partial charge in [-0.05, 0) is 123 Å². The molecule has 3 fully saturated rings. The second kappa shape index (κ2) is 54.3. The predicted molar refractivity (Wildman–Crippen MR) is 568 cm³/mol. The molecule has 6 heterocycles. The largest absolute Gasteiger partial charge is 0.495 e. The molecule has 2 atom stereocenters. The van der Waals surface area contributed by atoms with Crippen LogP contribution in [0.4, 0.5) is 83.4 Å². The number of carbonyl (C=O) groups excluding carboxylic acids is 9. The van der Waals surface area contributed by atoms with Crippen LogP contribution < -0.4 is 80.3 Å². The molecule has 0 spiro atoms. The van der Waals surface area contributed by atoms with Crippen molar-refractivity contribution in [2.24, 2.45) is 11.8 Å². The van der Waals surface area contributed by atoms with Crippen LogP contribution >= 0.6 is 69.6 Å². The molecule has 12 rings (SSSR count). The highest BCUT2D eigenvalue weighted by Gasteiger charge is 2.35. The number of piperazine rings is 1. The van der Waals surface area contributed by atoms with Gasteiger partial charge >= 0.3 is 18.1 Å². The fourth-order valence-corrected chi connectivity index (χ4v) is 17.1. The summed E-state index contributed by atoms with van der Waals surface area (Å²) in [6.45, 7) is 27.7. The van der Waals surface area contributed by atoms with Crippen LogP contribution in [0.15, 0.2) is 191 Å². The first-order valence-corrected chi connectivity index (χ1v) is 47.3. The molecule has 762 valence electrons. The smallest absolute Gasteiger partial charge is 0.327 e. The van der Waals surface area contributed by atoms with Gasteiger partial charge in [-0.15, -0.1) is 0 Å². The molecule has 0 radical (unpaired) electrons. The Morgan fingerprint density at radius 2 is 0.888 bits per heavy atom. The number of likely N-dealkylation sites (N-methyl/N-ethyl adjacent to an activating group) is 1. The van der Waals surface area contributed by atoms with Crippen molar-refractivity contribution in [2.75, 3.05) is 194 Å². The van der Waals surface area contributed by atoms with Crippen LogP contribution in [0.5, 0.6) is 34.5 Å². The van der Waals surface area contributed by atoms with Gasteiger partial charge in [0.25, 0.3) is 0 Å². The van der Waals surface area contributed by atoms with Crippen LogP contribution in [0.25, 0.3) is 0 Å². The molecule has 0 bridgehead atoms. The minimum absolute atomic E-state index is 0. The third-order valence-electron chi connectivity index (χ3n) is 23.2. The summed E-state index contributed by atoms with van der Waals surface area (Å²) in [5.41, 5.74) is 6.62. The summed E-state index contributed by atoms with van der Waals surface area (Å²) in [6, 6.07) is 26.2. The van der Waals surface area contributed by atoms with Crippen molar-refractivity contribution in [3.05, 3.63) is 249 Å². The van der Waals surface area contributed by atoms with E-state index in [2.05, 4.69) is 105 Å². The van der Waals surface area contributed by atoms with Crippen LogP contribution in [0.1, 0.15) is 51.4 Å². The van der Waals surface area contributed by atoms with Gasteiger partial charge in [0.15, 0.2) is 17.3 Å². The Hall–Kier alpha value is -14.0. The number of aromatic nitrogens is 6. The zero-order valence-corrected chi connectivity index (χ0v) is 85.4. The molecule has 3 aliphatic heterocycles. The number of nitrogens with one attached hydrogen (secondary N) is 7. The number of methoxy groups -OCH3 is 6. The maximum atomic E-state index is 14.2. The average molecular weight is 2080 g/mol. The summed E-state index contributed by atoms with van der Waals surface area (Å²) < 4.78 is 37.8. The van der Waals surface area contributed by atoms with Crippen molar-refractivity contribution in [1.29, 1.82) is 0 Å². The SMILES string of the molecule is C=CC(=O)CC1COCC1Nc1cc(N(CCc2ccc(NC(=O)C=C)cc2)C(=O)Nc2c(Cl)c(OC)cc(OC)c2Cl)ncn1.C=CC(=O)Cc1cccc(C)c1Nc1cc(N(CC2CCN(C(=O)/C=C/CN(C)C)CC2)C(=O)Nc2c(Cl)c(OC)cc(OC)c2Cl)ncn1.C=CC(=O)Cc1cccc(C)c1Nc1cc(N(CCN2CCN(C(=O)C=C)CC2)C(=O)Nc2c(Cl)c(OC)cc(OC)c2Cl)ncn1.[HH].[HH].[HH]. The van der Waals surface area contributed by atoms with E-state index in [1.807, 2.05) is 92.3 Å². The number of allylic oxidation sites excluding steroid dienone is 3.